The maximum atomic E-state index is 6.24. The summed E-state index contributed by atoms with van der Waals surface area (Å²) in [4.78, 5) is 0. The second kappa shape index (κ2) is 4.20. The first kappa shape index (κ1) is 11.4. The van der Waals surface area contributed by atoms with Crippen molar-refractivity contribution >= 4 is 0 Å². The van der Waals surface area contributed by atoms with Crippen molar-refractivity contribution in [2.45, 2.75) is 34.6 Å². The predicted molar refractivity (Wildman–Crippen MR) is 62.7 cm³/mol. The first-order chi connectivity index (χ1) is 6.45. The Morgan fingerprint density at radius 1 is 1.21 bits per heavy atom. The minimum atomic E-state index is 0.525. The van der Waals surface area contributed by atoms with Crippen molar-refractivity contribution in [3.8, 4) is 0 Å². The number of nitrogens with two attached hydrogens (primary N) is 1. The molecule has 0 aromatic carbocycles. The fraction of sp³-hybridized carbons (Fsp3) is 0.692. The Morgan fingerprint density at radius 3 is 2.21 bits per heavy atom. The van der Waals surface area contributed by atoms with Gasteiger partial charge in [-0.1, -0.05) is 46.8 Å². The van der Waals surface area contributed by atoms with Crippen molar-refractivity contribution in [3.63, 3.8) is 0 Å². The molecule has 14 heavy (non-hydrogen) atoms. The van der Waals surface area contributed by atoms with E-state index >= 15 is 0 Å². The van der Waals surface area contributed by atoms with Crippen LogP contribution in [0, 0.1) is 23.7 Å². The summed E-state index contributed by atoms with van der Waals surface area (Å²) in [5.41, 5.74) is 8.69. The summed E-state index contributed by atoms with van der Waals surface area (Å²) < 4.78 is 0. The van der Waals surface area contributed by atoms with Gasteiger partial charge in [-0.15, -0.1) is 0 Å². The molecule has 1 aliphatic carbocycles. The number of allylic oxidation sites excluding steroid dienone is 4. The molecule has 2 atom stereocenters. The average Bonchev–Trinajstić information content (AvgIpc) is 2.02. The van der Waals surface area contributed by atoms with Crippen LogP contribution in [0.5, 0.6) is 0 Å². The van der Waals surface area contributed by atoms with Crippen LogP contribution in [0.2, 0.25) is 0 Å². The molecule has 0 aromatic rings. The third-order valence-corrected chi connectivity index (χ3v) is 3.18. The largest absolute Gasteiger partial charge is 0.402 e. The Bertz CT molecular complexity index is 258. The molecule has 0 saturated carbocycles. The standard InChI is InChI=1S/C13H23N/c1-8(2)11-7-6-10(5)12(9(3)4)13(11)14/h6-10,12H,14H2,1-5H3/t10?,12-/m0/s1. The summed E-state index contributed by atoms with van der Waals surface area (Å²) in [6.07, 6.45) is 4.51. The molecule has 2 N–H and O–H groups in total. The van der Waals surface area contributed by atoms with Crippen LogP contribution in [0.25, 0.3) is 0 Å². The molecule has 0 radical (unpaired) electrons. The highest BCUT2D eigenvalue weighted by Crippen LogP contribution is 2.34. The fourth-order valence-corrected chi connectivity index (χ4v) is 2.44. The summed E-state index contributed by atoms with van der Waals surface area (Å²) in [5, 5.41) is 0. The molecule has 0 heterocycles. The van der Waals surface area contributed by atoms with E-state index < -0.39 is 0 Å². The summed E-state index contributed by atoms with van der Waals surface area (Å²) in [6.45, 7) is 11.2. The molecule has 1 unspecified atom stereocenters. The Hall–Kier alpha value is -0.720. The highest BCUT2D eigenvalue weighted by Gasteiger charge is 2.26. The van der Waals surface area contributed by atoms with Crippen molar-refractivity contribution < 1.29 is 0 Å². The Morgan fingerprint density at radius 2 is 1.79 bits per heavy atom. The molecular formula is C13H23N. The van der Waals surface area contributed by atoms with E-state index in [4.69, 9.17) is 5.73 Å². The molecule has 0 bridgehead atoms. The minimum absolute atomic E-state index is 0.525. The lowest BCUT2D eigenvalue weighted by Crippen LogP contribution is -2.28. The summed E-state index contributed by atoms with van der Waals surface area (Å²) >= 11 is 0. The van der Waals surface area contributed by atoms with E-state index in [1.165, 1.54) is 5.57 Å². The molecule has 0 aromatic heterocycles. The van der Waals surface area contributed by atoms with E-state index in [0.717, 1.165) is 5.70 Å². The molecule has 1 rings (SSSR count). The quantitative estimate of drug-likeness (QED) is 0.715. The van der Waals surface area contributed by atoms with Crippen LogP contribution >= 0.6 is 0 Å². The monoisotopic (exact) mass is 193 g/mol. The van der Waals surface area contributed by atoms with Crippen molar-refractivity contribution in [1.29, 1.82) is 0 Å². The number of rotatable bonds is 2. The molecule has 0 fully saturated rings. The lowest BCUT2D eigenvalue weighted by Gasteiger charge is -2.32. The van der Waals surface area contributed by atoms with Crippen LogP contribution in [-0.2, 0) is 0 Å². The highest BCUT2D eigenvalue weighted by atomic mass is 14.6. The first-order valence-corrected chi connectivity index (χ1v) is 5.62. The summed E-state index contributed by atoms with van der Waals surface area (Å²) in [5.74, 6) is 2.28. The molecule has 1 nitrogen and oxygen atoms in total. The van der Waals surface area contributed by atoms with E-state index in [1.807, 2.05) is 0 Å². The average molecular weight is 193 g/mol. The van der Waals surface area contributed by atoms with Gasteiger partial charge in [-0.2, -0.15) is 0 Å². The predicted octanol–water partition coefficient (Wildman–Crippen LogP) is 3.33. The van der Waals surface area contributed by atoms with Crippen LogP contribution in [0.1, 0.15) is 34.6 Å². The zero-order valence-electron chi connectivity index (χ0n) is 10.0. The SMILES string of the molecule is CC(C)C1=C(N)[C@@H](C(C)C)C(C)C=C1. The smallest absolute Gasteiger partial charge is 0.0155 e. The molecule has 0 saturated heterocycles. The van der Waals surface area contributed by atoms with Crippen molar-refractivity contribution in [2.75, 3.05) is 0 Å². The Balaban J connectivity index is 3.02. The lowest BCUT2D eigenvalue weighted by molar-refractivity contribution is 0.351. The summed E-state index contributed by atoms with van der Waals surface area (Å²) in [6, 6.07) is 0. The zero-order valence-corrected chi connectivity index (χ0v) is 10.0. The van der Waals surface area contributed by atoms with Crippen LogP contribution < -0.4 is 5.73 Å². The molecule has 0 aliphatic heterocycles. The van der Waals surface area contributed by atoms with Gasteiger partial charge in [-0.05, 0) is 23.3 Å². The van der Waals surface area contributed by atoms with Gasteiger partial charge in [0.05, 0.1) is 0 Å². The fourth-order valence-electron chi connectivity index (χ4n) is 2.44. The molecule has 80 valence electrons. The van der Waals surface area contributed by atoms with Gasteiger partial charge in [-0.3, -0.25) is 0 Å². The maximum absolute atomic E-state index is 6.24. The van der Waals surface area contributed by atoms with Gasteiger partial charge < -0.3 is 5.73 Å². The third-order valence-electron chi connectivity index (χ3n) is 3.18. The van der Waals surface area contributed by atoms with Gasteiger partial charge in [0.15, 0.2) is 0 Å². The van der Waals surface area contributed by atoms with E-state index in [0.29, 0.717) is 23.7 Å². The van der Waals surface area contributed by atoms with Crippen LogP contribution in [-0.4, -0.2) is 0 Å². The van der Waals surface area contributed by atoms with Gasteiger partial charge in [-0.25, -0.2) is 0 Å². The molecular weight excluding hydrogens is 170 g/mol. The molecule has 1 aliphatic rings. The van der Waals surface area contributed by atoms with Gasteiger partial charge in [0.25, 0.3) is 0 Å². The topological polar surface area (TPSA) is 26.0 Å². The van der Waals surface area contributed by atoms with Crippen molar-refractivity contribution in [1.82, 2.24) is 0 Å². The molecule has 1 heteroatoms. The van der Waals surface area contributed by atoms with Crippen LogP contribution in [0.15, 0.2) is 23.4 Å². The van der Waals surface area contributed by atoms with E-state index in [-0.39, 0.29) is 0 Å². The van der Waals surface area contributed by atoms with Crippen molar-refractivity contribution in [3.05, 3.63) is 23.4 Å². The maximum Gasteiger partial charge on any atom is 0.0155 e. The minimum Gasteiger partial charge on any atom is -0.402 e. The second-order valence-corrected chi connectivity index (χ2v) is 5.05. The van der Waals surface area contributed by atoms with Gasteiger partial charge in [0, 0.05) is 11.6 Å². The third kappa shape index (κ3) is 2.02. The van der Waals surface area contributed by atoms with Gasteiger partial charge in [0.2, 0.25) is 0 Å². The molecule has 0 amide bonds. The number of hydrogen-bond donors (Lipinski definition) is 1. The highest BCUT2D eigenvalue weighted by molar-refractivity contribution is 5.32. The number of hydrogen-bond acceptors (Lipinski definition) is 1. The van der Waals surface area contributed by atoms with Gasteiger partial charge >= 0.3 is 0 Å². The second-order valence-electron chi connectivity index (χ2n) is 5.05. The van der Waals surface area contributed by atoms with E-state index in [2.05, 4.69) is 46.8 Å². The normalized spacial score (nSPS) is 27.9. The van der Waals surface area contributed by atoms with E-state index in [9.17, 15) is 0 Å². The summed E-state index contributed by atoms with van der Waals surface area (Å²) in [7, 11) is 0. The van der Waals surface area contributed by atoms with Gasteiger partial charge in [0.1, 0.15) is 0 Å². The van der Waals surface area contributed by atoms with Crippen LogP contribution in [0.3, 0.4) is 0 Å². The Kier molecular flexibility index (Phi) is 3.41. The zero-order chi connectivity index (χ0) is 10.9. The first-order valence-electron chi connectivity index (χ1n) is 5.62. The van der Waals surface area contributed by atoms with Crippen LogP contribution in [0.4, 0.5) is 0 Å². The van der Waals surface area contributed by atoms with Crippen molar-refractivity contribution in [2.24, 2.45) is 29.4 Å². The lowest BCUT2D eigenvalue weighted by atomic mass is 9.75. The van der Waals surface area contributed by atoms with E-state index in [1.54, 1.807) is 0 Å². The molecule has 0 spiro atoms. The Labute approximate surface area is 88.1 Å².